The number of aromatic nitrogens is 1. The van der Waals surface area contributed by atoms with Gasteiger partial charge in [-0.15, -0.1) is 11.3 Å². The lowest BCUT2D eigenvalue weighted by Crippen LogP contribution is -2.27. The summed E-state index contributed by atoms with van der Waals surface area (Å²) in [5.41, 5.74) is 0.237. The SMILES string of the molecule is O=S(=O)(NCCc1csc(-c2ccc(C(F)(F)F)cc2)n1)c1cc(F)ccc1F. The van der Waals surface area contributed by atoms with Crippen LogP contribution in [0, 0.1) is 11.6 Å². The standard InChI is InChI=1S/C18H13F5N2O2S2/c19-13-5-6-15(20)16(9-13)29(26,27)24-8-7-14-10-28-17(25-14)11-1-3-12(4-2-11)18(21,22)23/h1-6,9-10,24H,7-8H2. The van der Waals surface area contributed by atoms with Crippen LogP contribution >= 0.6 is 11.3 Å². The van der Waals surface area contributed by atoms with E-state index in [1.807, 2.05) is 0 Å². The van der Waals surface area contributed by atoms with Crippen LogP contribution in [0.3, 0.4) is 0 Å². The molecule has 0 aliphatic heterocycles. The highest BCUT2D eigenvalue weighted by Gasteiger charge is 2.30. The topological polar surface area (TPSA) is 59.1 Å². The molecule has 0 spiro atoms. The average Bonchev–Trinajstić information content (AvgIpc) is 3.12. The molecule has 0 radical (unpaired) electrons. The molecule has 3 rings (SSSR count). The lowest BCUT2D eigenvalue weighted by Gasteiger charge is -2.07. The van der Waals surface area contributed by atoms with Crippen LogP contribution in [0.5, 0.6) is 0 Å². The normalized spacial score (nSPS) is 12.3. The number of nitrogens with one attached hydrogen (secondary N) is 1. The fourth-order valence-corrected chi connectivity index (χ4v) is 4.41. The number of benzene rings is 2. The van der Waals surface area contributed by atoms with Crippen LogP contribution < -0.4 is 4.72 Å². The number of hydrogen-bond acceptors (Lipinski definition) is 4. The van der Waals surface area contributed by atoms with Gasteiger partial charge in [0.2, 0.25) is 10.0 Å². The van der Waals surface area contributed by atoms with E-state index in [0.717, 1.165) is 24.3 Å². The fourth-order valence-electron chi connectivity index (χ4n) is 2.43. The maximum atomic E-state index is 13.6. The molecule has 154 valence electrons. The molecule has 0 amide bonds. The third-order valence-corrected chi connectivity index (χ3v) is 6.28. The largest absolute Gasteiger partial charge is 0.416 e. The molecule has 11 heteroatoms. The molecule has 2 aromatic carbocycles. The van der Waals surface area contributed by atoms with Crippen molar-refractivity contribution in [2.75, 3.05) is 6.54 Å². The van der Waals surface area contributed by atoms with Gasteiger partial charge in [-0.2, -0.15) is 13.2 Å². The summed E-state index contributed by atoms with van der Waals surface area (Å²) in [5, 5.41) is 2.12. The Balaban J connectivity index is 1.64. The van der Waals surface area contributed by atoms with Gasteiger partial charge < -0.3 is 0 Å². The van der Waals surface area contributed by atoms with Crippen LogP contribution in [-0.2, 0) is 22.6 Å². The van der Waals surface area contributed by atoms with E-state index in [1.165, 1.54) is 23.5 Å². The van der Waals surface area contributed by atoms with Crippen molar-refractivity contribution in [3.8, 4) is 10.6 Å². The Morgan fingerprint density at radius 3 is 2.38 bits per heavy atom. The molecule has 0 saturated carbocycles. The van der Waals surface area contributed by atoms with E-state index in [0.29, 0.717) is 22.3 Å². The lowest BCUT2D eigenvalue weighted by atomic mass is 10.1. The summed E-state index contributed by atoms with van der Waals surface area (Å²) in [6.07, 6.45) is -4.27. The van der Waals surface area contributed by atoms with Gasteiger partial charge in [-0.05, 0) is 30.3 Å². The average molecular weight is 448 g/mol. The fraction of sp³-hybridized carbons (Fsp3) is 0.167. The molecule has 3 aromatic rings. The molecule has 1 N–H and O–H groups in total. The van der Waals surface area contributed by atoms with Crippen molar-refractivity contribution in [1.29, 1.82) is 0 Å². The quantitative estimate of drug-likeness (QED) is 0.560. The number of alkyl halides is 3. The van der Waals surface area contributed by atoms with Gasteiger partial charge in [0.15, 0.2) is 0 Å². The van der Waals surface area contributed by atoms with Crippen LogP contribution in [0.2, 0.25) is 0 Å². The minimum Gasteiger partial charge on any atom is -0.241 e. The second-order valence-corrected chi connectivity index (χ2v) is 8.54. The molecule has 1 heterocycles. The van der Waals surface area contributed by atoms with Crippen molar-refractivity contribution < 1.29 is 30.4 Å². The van der Waals surface area contributed by atoms with E-state index in [-0.39, 0.29) is 13.0 Å². The zero-order valence-corrected chi connectivity index (χ0v) is 16.1. The summed E-state index contributed by atoms with van der Waals surface area (Å²) in [6, 6.07) is 6.65. The van der Waals surface area contributed by atoms with Gasteiger partial charge >= 0.3 is 6.18 Å². The maximum Gasteiger partial charge on any atom is 0.416 e. The minimum absolute atomic E-state index is 0.117. The van der Waals surface area contributed by atoms with E-state index in [2.05, 4.69) is 9.71 Å². The van der Waals surface area contributed by atoms with E-state index >= 15 is 0 Å². The molecule has 0 aliphatic carbocycles. The second kappa shape index (κ2) is 8.17. The van der Waals surface area contributed by atoms with Gasteiger partial charge in [-0.25, -0.2) is 26.9 Å². The minimum atomic E-state index is -4.43. The molecule has 29 heavy (non-hydrogen) atoms. The molecular formula is C18H13F5N2O2S2. The van der Waals surface area contributed by atoms with Crippen molar-refractivity contribution in [1.82, 2.24) is 9.71 Å². The zero-order chi connectivity index (χ0) is 21.2. The molecule has 0 fully saturated rings. The van der Waals surface area contributed by atoms with Crippen molar-refractivity contribution in [3.63, 3.8) is 0 Å². The van der Waals surface area contributed by atoms with Crippen LogP contribution in [0.15, 0.2) is 52.7 Å². The molecule has 4 nitrogen and oxygen atoms in total. The number of hydrogen-bond donors (Lipinski definition) is 1. The van der Waals surface area contributed by atoms with Gasteiger partial charge in [-0.1, -0.05) is 12.1 Å². The highest BCUT2D eigenvalue weighted by molar-refractivity contribution is 7.89. The Kier molecular flexibility index (Phi) is 6.01. The number of rotatable bonds is 6. The smallest absolute Gasteiger partial charge is 0.241 e. The van der Waals surface area contributed by atoms with Crippen LogP contribution in [0.25, 0.3) is 10.6 Å². The molecular weight excluding hydrogens is 435 g/mol. The first-order valence-electron chi connectivity index (χ1n) is 8.13. The van der Waals surface area contributed by atoms with Gasteiger partial charge in [0.05, 0.1) is 11.3 Å². The summed E-state index contributed by atoms with van der Waals surface area (Å²) in [5.74, 6) is -1.95. The Morgan fingerprint density at radius 2 is 1.72 bits per heavy atom. The van der Waals surface area contributed by atoms with Gasteiger partial charge in [0.1, 0.15) is 21.5 Å². The molecule has 0 bridgehead atoms. The van der Waals surface area contributed by atoms with Crippen molar-refractivity contribution in [2.45, 2.75) is 17.5 Å². The second-order valence-electron chi connectivity index (χ2n) is 5.94. The zero-order valence-electron chi connectivity index (χ0n) is 14.5. The van der Waals surface area contributed by atoms with E-state index in [4.69, 9.17) is 0 Å². The highest BCUT2D eigenvalue weighted by Crippen LogP contribution is 2.31. The predicted molar refractivity (Wildman–Crippen MR) is 97.8 cm³/mol. The Bertz CT molecular complexity index is 1110. The number of nitrogens with zero attached hydrogens (tertiary/aromatic N) is 1. The first-order valence-corrected chi connectivity index (χ1v) is 10.5. The van der Waals surface area contributed by atoms with Gasteiger partial charge in [0.25, 0.3) is 0 Å². The van der Waals surface area contributed by atoms with Crippen molar-refractivity contribution >= 4 is 21.4 Å². The van der Waals surface area contributed by atoms with Crippen molar-refractivity contribution in [2.24, 2.45) is 0 Å². The van der Waals surface area contributed by atoms with Crippen molar-refractivity contribution in [3.05, 3.63) is 70.7 Å². The number of sulfonamides is 1. The molecule has 0 atom stereocenters. The molecule has 0 saturated heterocycles. The monoisotopic (exact) mass is 448 g/mol. The van der Waals surface area contributed by atoms with Crippen LogP contribution in [-0.4, -0.2) is 19.9 Å². The number of halogens is 5. The first-order chi connectivity index (χ1) is 13.6. The maximum absolute atomic E-state index is 13.6. The third-order valence-electron chi connectivity index (χ3n) is 3.87. The predicted octanol–water partition coefficient (Wildman–Crippen LogP) is 4.63. The van der Waals surface area contributed by atoms with E-state index in [9.17, 15) is 30.4 Å². The molecule has 0 aliphatic rings. The summed E-state index contributed by atoms with van der Waals surface area (Å²) >= 11 is 1.20. The third kappa shape index (κ3) is 5.17. The Hall–Kier alpha value is -2.37. The molecule has 1 aromatic heterocycles. The summed E-state index contributed by atoms with van der Waals surface area (Å²) in [7, 11) is -4.24. The lowest BCUT2D eigenvalue weighted by molar-refractivity contribution is -0.137. The van der Waals surface area contributed by atoms with Crippen LogP contribution in [0.4, 0.5) is 22.0 Å². The first kappa shape index (κ1) is 21.3. The van der Waals surface area contributed by atoms with Gasteiger partial charge in [0, 0.05) is 23.9 Å². The van der Waals surface area contributed by atoms with Gasteiger partial charge in [-0.3, -0.25) is 0 Å². The summed E-state index contributed by atoms with van der Waals surface area (Å²) in [4.78, 5) is 3.47. The summed E-state index contributed by atoms with van der Waals surface area (Å²) in [6.45, 7) is -0.117. The Morgan fingerprint density at radius 1 is 1.03 bits per heavy atom. The molecule has 0 unspecified atom stereocenters. The Labute approximate surface area is 167 Å². The van der Waals surface area contributed by atoms with Crippen LogP contribution in [0.1, 0.15) is 11.3 Å². The summed E-state index contributed by atoms with van der Waals surface area (Å²) < 4.78 is 91.1. The number of thiazole rings is 1. The van der Waals surface area contributed by atoms with E-state index < -0.39 is 38.3 Å². The van der Waals surface area contributed by atoms with E-state index in [1.54, 1.807) is 5.38 Å². The highest BCUT2D eigenvalue weighted by atomic mass is 32.2.